The number of hydrogen-bond donors (Lipinski definition) is 2. The Bertz CT molecular complexity index is 901. The molecule has 0 aromatic heterocycles. The number of hydrogen-bond acceptors (Lipinski definition) is 4. The summed E-state index contributed by atoms with van der Waals surface area (Å²) in [4.78, 5) is 26.2. The second kappa shape index (κ2) is 9.79. The molecule has 0 radical (unpaired) electrons. The average molecular weight is 452 g/mol. The van der Waals surface area contributed by atoms with Crippen LogP contribution in [0.5, 0.6) is 0 Å². The van der Waals surface area contributed by atoms with Gasteiger partial charge in [-0.25, -0.2) is 0 Å². The monoisotopic (exact) mass is 451 g/mol. The van der Waals surface area contributed by atoms with Crippen LogP contribution in [0.2, 0.25) is 10.0 Å². The Morgan fingerprint density at radius 2 is 1.83 bits per heavy atom. The lowest BCUT2D eigenvalue weighted by molar-refractivity contribution is -0.184. The Kier molecular flexibility index (Phi) is 7.36. The van der Waals surface area contributed by atoms with Gasteiger partial charge in [-0.1, -0.05) is 54.4 Å². The zero-order valence-corrected chi connectivity index (χ0v) is 17.9. The molecule has 0 spiro atoms. The van der Waals surface area contributed by atoms with Gasteiger partial charge in [0.15, 0.2) is 0 Å². The molecule has 8 heteroatoms. The predicted molar refractivity (Wildman–Crippen MR) is 114 cm³/mol. The highest BCUT2D eigenvalue weighted by molar-refractivity contribution is 6.30. The van der Waals surface area contributed by atoms with Gasteiger partial charge in [0.2, 0.25) is 0 Å². The summed E-state index contributed by atoms with van der Waals surface area (Å²) < 4.78 is 6.07. The van der Waals surface area contributed by atoms with E-state index in [9.17, 15) is 19.8 Å². The Labute approximate surface area is 185 Å². The zero-order chi connectivity index (χ0) is 21.8. The van der Waals surface area contributed by atoms with Crippen LogP contribution in [-0.4, -0.2) is 45.7 Å². The molecular formula is C22H23Cl2NO5. The number of morpholine rings is 1. The normalized spacial score (nSPS) is 22.7. The van der Waals surface area contributed by atoms with Crippen LogP contribution in [0.3, 0.4) is 0 Å². The van der Waals surface area contributed by atoms with E-state index >= 15 is 0 Å². The first-order valence-corrected chi connectivity index (χ1v) is 10.4. The Hall–Kier alpha value is -2.12. The van der Waals surface area contributed by atoms with E-state index in [2.05, 4.69) is 0 Å². The van der Waals surface area contributed by atoms with Crippen molar-refractivity contribution in [3.05, 3.63) is 69.7 Å². The number of carbonyl (C=O) groups is 2. The third-order valence-electron chi connectivity index (χ3n) is 5.25. The maximum Gasteiger partial charge on any atom is 0.306 e. The van der Waals surface area contributed by atoms with Gasteiger partial charge in [0, 0.05) is 10.0 Å². The minimum absolute atomic E-state index is 0.256. The Morgan fingerprint density at radius 3 is 2.40 bits per heavy atom. The van der Waals surface area contributed by atoms with Gasteiger partial charge in [-0.2, -0.15) is 0 Å². The van der Waals surface area contributed by atoms with E-state index in [1.807, 2.05) is 13.0 Å². The summed E-state index contributed by atoms with van der Waals surface area (Å²) in [5.41, 5.74) is 1.47. The van der Waals surface area contributed by atoms with Crippen LogP contribution < -0.4 is 0 Å². The van der Waals surface area contributed by atoms with Crippen LogP contribution in [0.4, 0.5) is 0 Å². The lowest BCUT2D eigenvalue weighted by atomic mass is 9.89. The van der Waals surface area contributed by atoms with Crippen molar-refractivity contribution in [1.29, 1.82) is 0 Å². The molecule has 3 rings (SSSR count). The van der Waals surface area contributed by atoms with Crippen LogP contribution in [0.25, 0.3) is 0 Å². The maximum atomic E-state index is 13.3. The molecule has 6 nitrogen and oxygen atoms in total. The third-order valence-corrected chi connectivity index (χ3v) is 5.74. The molecule has 160 valence electrons. The molecule has 30 heavy (non-hydrogen) atoms. The number of carbonyl (C=O) groups excluding carboxylic acids is 1. The second-order valence-electron chi connectivity index (χ2n) is 7.18. The van der Waals surface area contributed by atoms with Crippen molar-refractivity contribution in [3.63, 3.8) is 0 Å². The fourth-order valence-corrected chi connectivity index (χ4v) is 4.14. The number of aliphatic hydroxyl groups excluding tert-OH is 1. The smallest absolute Gasteiger partial charge is 0.306 e. The minimum atomic E-state index is -1.17. The first-order valence-electron chi connectivity index (χ1n) is 9.66. The second-order valence-corrected chi connectivity index (χ2v) is 8.06. The number of amides is 1. The topological polar surface area (TPSA) is 87.1 Å². The Morgan fingerprint density at radius 1 is 1.13 bits per heavy atom. The lowest BCUT2D eigenvalue weighted by Gasteiger charge is -2.47. The maximum absolute atomic E-state index is 13.3. The predicted octanol–water partition coefficient (Wildman–Crippen LogP) is 4.25. The molecular weight excluding hydrogens is 429 g/mol. The number of aliphatic hydroxyl groups is 1. The van der Waals surface area contributed by atoms with Crippen LogP contribution in [-0.2, 0) is 14.3 Å². The minimum Gasteiger partial charge on any atom is -0.481 e. The third kappa shape index (κ3) is 4.78. The van der Waals surface area contributed by atoms with Crippen molar-refractivity contribution >= 4 is 35.1 Å². The summed E-state index contributed by atoms with van der Waals surface area (Å²) >= 11 is 12.2. The summed E-state index contributed by atoms with van der Waals surface area (Å²) in [5, 5.41) is 20.3. The molecule has 0 unspecified atom stereocenters. The van der Waals surface area contributed by atoms with Gasteiger partial charge in [-0.05, 0) is 41.8 Å². The molecule has 0 aliphatic carbocycles. The molecule has 2 N–H and O–H groups in total. The van der Waals surface area contributed by atoms with Crippen LogP contribution in [0.15, 0.2) is 48.5 Å². The van der Waals surface area contributed by atoms with Gasteiger partial charge < -0.3 is 19.8 Å². The average Bonchev–Trinajstić information content (AvgIpc) is 2.71. The molecule has 1 heterocycles. The molecule has 1 fully saturated rings. The van der Waals surface area contributed by atoms with Crippen molar-refractivity contribution in [2.24, 2.45) is 0 Å². The Balaban J connectivity index is 2.16. The van der Waals surface area contributed by atoms with Gasteiger partial charge in [0.25, 0.3) is 5.91 Å². The molecule has 4 atom stereocenters. The molecule has 1 amide bonds. The van der Waals surface area contributed by atoms with Gasteiger partial charge in [0.05, 0.1) is 25.1 Å². The molecule has 1 aliphatic rings. The van der Waals surface area contributed by atoms with Crippen LogP contribution >= 0.6 is 23.2 Å². The van der Waals surface area contributed by atoms with Gasteiger partial charge in [-0.3, -0.25) is 9.59 Å². The summed E-state index contributed by atoms with van der Waals surface area (Å²) in [6, 6.07) is 13.0. The van der Waals surface area contributed by atoms with E-state index < -0.39 is 42.6 Å². The number of rotatable bonds is 7. The van der Waals surface area contributed by atoms with E-state index in [0.29, 0.717) is 22.0 Å². The molecule has 0 saturated carbocycles. The van der Waals surface area contributed by atoms with E-state index in [-0.39, 0.29) is 6.61 Å². The number of aliphatic carboxylic acids is 1. The number of carboxylic acids is 1. The molecule has 0 bridgehead atoms. The van der Waals surface area contributed by atoms with Crippen molar-refractivity contribution in [2.75, 3.05) is 6.61 Å². The van der Waals surface area contributed by atoms with Crippen molar-refractivity contribution < 1.29 is 24.5 Å². The zero-order valence-electron chi connectivity index (χ0n) is 16.4. The van der Waals surface area contributed by atoms with E-state index in [4.69, 9.17) is 27.9 Å². The van der Waals surface area contributed by atoms with Gasteiger partial charge in [0.1, 0.15) is 12.2 Å². The van der Waals surface area contributed by atoms with Crippen LogP contribution in [0.1, 0.15) is 43.0 Å². The molecule has 1 saturated heterocycles. The quantitative estimate of drug-likeness (QED) is 0.656. The van der Waals surface area contributed by atoms with Gasteiger partial charge in [-0.15, -0.1) is 0 Å². The number of ether oxygens (including phenoxy) is 1. The van der Waals surface area contributed by atoms with Crippen LogP contribution in [0, 0.1) is 0 Å². The number of carboxylic acid groups (broad SMARTS) is 1. The fourth-order valence-electron chi connectivity index (χ4n) is 3.81. The first-order chi connectivity index (χ1) is 14.3. The highest BCUT2D eigenvalue weighted by Crippen LogP contribution is 2.44. The number of halogens is 2. The summed E-state index contributed by atoms with van der Waals surface area (Å²) in [5.74, 6) is -1.60. The van der Waals surface area contributed by atoms with E-state index in [1.165, 1.54) is 0 Å². The highest BCUT2D eigenvalue weighted by atomic mass is 35.5. The van der Waals surface area contributed by atoms with Crippen molar-refractivity contribution in [2.45, 2.75) is 44.1 Å². The largest absolute Gasteiger partial charge is 0.481 e. The molecule has 2 aromatic carbocycles. The molecule has 1 aliphatic heterocycles. The number of nitrogens with zero attached hydrogens (tertiary/aromatic N) is 1. The van der Waals surface area contributed by atoms with E-state index in [1.54, 1.807) is 47.4 Å². The van der Waals surface area contributed by atoms with Crippen molar-refractivity contribution in [1.82, 2.24) is 4.90 Å². The van der Waals surface area contributed by atoms with Crippen molar-refractivity contribution in [3.8, 4) is 0 Å². The first kappa shape index (κ1) is 22.6. The summed E-state index contributed by atoms with van der Waals surface area (Å²) in [6.07, 6.45) is -1.82. The standard InChI is InChI=1S/C22H23Cl2NO5/c1-2-17(12-26)25-20(13-6-8-15(23)9-7-13)21(14-4-3-5-16(24)10-14)30-18(22(25)29)11-19(27)28/h3-10,17-18,20-21,26H,2,11-12H2,1H3,(H,27,28)/t17-,18+,20+,21+/m0/s1. The lowest BCUT2D eigenvalue weighted by Crippen LogP contribution is -2.56. The molecule has 2 aromatic rings. The highest BCUT2D eigenvalue weighted by Gasteiger charge is 2.46. The summed E-state index contributed by atoms with van der Waals surface area (Å²) in [6.45, 7) is 1.61. The van der Waals surface area contributed by atoms with Gasteiger partial charge >= 0.3 is 5.97 Å². The fraction of sp³-hybridized carbons (Fsp3) is 0.364. The SMILES string of the molecule is CC[C@@H](CO)N1C(=O)[C@@H](CC(=O)O)O[C@H](c2cccc(Cl)c2)[C@H]1c1ccc(Cl)cc1. The number of benzene rings is 2. The van der Waals surface area contributed by atoms with E-state index in [0.717, 1.165) is 5.56 Å². The summed E-state index contributed by atoms with van der Waals surface area (Å²) in [7, 11) is 0.